The van der Waals surface area contributed by atoms with Gasteiger partial charge in [-0.15, -0.1) is 0 Å². The number of rotatable bonds is 25. The quantitative estimate of drug-likeness (QED) is 0.0395. The maximum atomic E-state index is 15.0. The number of likely N-dealkylation sites (N-methyl/N-ethyl adjacent to an activating group) is 1. The Labute approximate surface area is 468 Å². The maximum Gasteiger partial charge on any atom is 0.524 e. The molecule has 2 saturated heterocycles. The topological polar surface area (TPSA) is 211 Å². The Morgan fingerprint density at radius 3 is 2.44 bits per heavy atom. The van der Waals surface area contributed by atoms with Crippen LogP contribution in [-0.4, -0.2) is 144 Å². The van der Waals surface area contributed by atoms with Crippen LogP contribution in [0.2, 0.25) is 0 Å². The minimum atomic E-state index is -4.89. The molecule has 5 N–H and O–H groups in total. The average molecular weight is 1120 g/mol. The predicted octanol–water partition coefficient (Wildman–Crippen LogP) is 4.71. The molecule has 7 aliphatic rings. The summed E-state index contributed by atoms with van der Waals surface area (Å²) in [5.74, 6) is -0.683. The molecular weight excluding hydrogens is 1040 g/mol. The van der Waals surface area contributed by atoms with E-state index in [0.717, 1.165) is 115 Å². The molecule has 4 saturated carbocycles. The van der Waals surface area contributed by atoms with E-state index in [9.17, 15) is 34.2 Å². The number of esters is 1. The van der Waals surface area contributed by atoms with Crippen LogP contribution in [0.15, 0.2) is 72.3 Å². The highest BCUT2D eigenvalue weighted by molar-refractivity contribution is 7.46. The van der Waals surface area contributed by atoms with Gasteiger partial charge in [0, 0.05) is 61.1 Å². The van der Waals surface area contributed by atoms with Crippen molar-refractivity contribution in [3.63, 3.8) is 0 Å². The second kappa shape index (κ2) is 26.3. The summed E-state index contributed by atoms with van der Waals surface area (Å²) in [7, 11) is -2.84. The van der Waals surface area contributed by atoms with Gasteiger partial charge in [-0.05, 0) is 124 Å². The van der Waals surface area contributed by atoms with Gasteiger partial charge in [-0.3, -0.25) is 29.1 Å². The minimum absolute atomic E-state index is 0. The summed E-state index contributed by atoms with van der Waals surface area (Å²) >= 11 is 0. The van der Waals surface area contributed by atoms with E-state index in [1.54, 1.807) is 24.3 Å². The fourth-order valence-electron chi connectivity index (χ4n) is 15.0. The van der Waals surface area contributed by atoms with E-state index in [0.29, 0.717) is 67.7 Å². The zero-order chi connectivity index (χ0) is 54.4. The maximum absolute atomic E-state index is 15.0. The number of phosphoric ester groups is 1. The smallest absolute Gasteiger partial charge is 0.524 e. The molecule has 432 valence electrons. The number of piperazine rings is 1. The number of allylic oxidation sites excluding steroid dienone is 4. The number of unbranched alkanes of at least 4 members (excludes halogenated alkanes) is 4. The van der Waals surface area contributed by atoms with Gasteiger partial charge in [-0.2, -0.15) is 0 Å². The molecule has 4 unspecified atom stereocenters. The number of Topliss-reactive ketones (excluding diaryl/α,β-unsaturated/α-hetero) is 1. The summed E-state index contributed by atoms with van der Waals surface area (Å²) in [6.07, 6.45) is 17.8. The summed E-state index contributed by atoms with van der Waals surface area (Å²) in [4.78, 5) is 62.8. The van der Waals surface area contributed by atoms with Crippen molar-refractivity contribution in [1.82, 2.24) is 10.2 Å². The number of ether oxygens (including phenoxy) is 4. The molecule has 2 aromatic carbocycles. The number of carbonyl (C=O) groups is 3. The Hall–Kier alpha value is -3.35. The molecule has 78 heavy (non-hydrogen) atoms. The van der Waals surface area contributed by atoms with E-state index in [4.69, 9.17) is 23.5 Å². The van der Waals surface area contributed by atoms with Crippen LogP contribution in [0.25, 0.3) is 0 Å². The minimum Gasteiger partial charge on any atom is -1.00 e. The molecule has 16 nitrogen and oxygen atoms in total. The van der Waals surface area contributed by atoms with Crippen molar-refractivity contribution in [3.8, 4) is 5.75 Å². The lowest BCUT2D eigenvalue weighted by Crippen LogP contribution is -3.00. The van der Waals surface area contributed by atoms with E-state index in [2.05, 4.69) is 50.5 Å². The molecule has 2 aromatic rings. The molecular formula is C60H87ClN3O13P. The Morgan fingerprint density at radius 1 is 0.962 bits per heavy atom. The number of phosphoric acid groups is 1. The van der Waals surface area contributed by atoms with Crippen molar-refractivity contribution in [2.75, 3.05) is 72.7 Å². The third-order valence-corrected chi connectivity index (χ3v) is 19.6. The SMILES string of the molecule is C[C@]12C=CC(=O)C=C1CCC1C2[C@@H](O)C[C@@]2(C)C1C[C@H]1O[C@@H](C3CCCCC3)O[C@]12C(=O)COC(=O)CN1CC[N+](C)(Cc2cc(C(O)CNCCCCCCOCCCCc3ccccc3)ccc2OP(=O)(O)O)CC1.[Cl-]. The normalized spacial score (nSPS) is 31.0. The molecule has 2 aliphatic heterocycles. The first kappa shape index (κ1) is 60.7. The van der Waals surface area contributed by atoms with Gasteiger partial charge < -0.3 is 55.9 Å². The van der Waals surface area contributed by atoms with Gasteiger partial charge in [0.05, 0.1) is 45.0 Å². The van der Waals surface area contributed by atoms with Crippen molar-refractivity contribution in [3.05, 3.63) is 89.0 Å². The van der Waals surface area contributed by atoms with E-state index >= 15 is 4.79 Å². The van der Waals surface area contributed by atoms with Gasteiger partial charge in [-0.25, -0.2) is 4.57 Å². The molecule has 5 aliphatic carbocycles. The number of nitrogens with one attached hydrogen (secondary N) is 1. The molecule has 2 heterocycles. The Kier molecular flexibility index (Phi) is 20.5. The summed E-state index contributed by atoms with van der Waals surface area (Å²) < 4.78 is 43.4. The number of halogens is 1. The molecule has 18 heteroatoms. The van der Waals surface area contributed by atoms with Crippen LogP contribution in [0.5, 0.6) is 5.75 Å². The van der Waals surface area contributed by atoms with Crippen molar-refractivity contribution < 1.29 is 79.3 Å². The van der Waals surface area contributed by atoms with Gasteiger partial charge in [0.25, 0.3) is 0 Å². The number of nitrogens with zero attached hydrogens (tertiary/aromatic N) is 2. The molecule has 6 fully saturated rings. The van der Waals surface area contributed by atoms with Gasteiger partial charge in [0.1, 0.15) is 12.3 Å². The molecule has 0 spiro atoms. The van der Waals surface area contributed by atoms with E-state index in [1.165, 1.54) is 11.6 Å². The van der Waals surface area contributed by atoms with E-state index in [-0.39, 0.29) is 59.9 Å². The van der Waals surface area contributed by atoms with Gasteiger partial charge in [0.15, 0.2) is 24.3 Å². The number of benzene rings is 2. The van der Waals surface area contributed by atoms with Crippen LogP contribution in [0.1, 0.15) is 133 Å². The lowest BCUT2D eigenvalue weighted by atomic mass is 9.46. The van der Waals surface area contributed by atoms with Crippen LogP contribution in [0.4, 0.5) is 0 Å². The fraction of sp³-hybridized carbons (Fsp3) is 0.683. The second-order valence-corrected chi connectivity index (χ2v) is 25.6. The van der Waals surface area contributed by atoms with Crippen LogP contribution in [0, 0.1) is 34.5 Å². The van der Waals surface area contributed by atoms with Crippen molar-refractivity contribution >= 4 is 25.4 Å². The summed E-state index contributed by atoms with van der Waals surface area (Å²) in [6, 6.07) is 15.4. The number of aliphatic hydroxyl groups is 2. The predicted molar refractivity (Wildman–Crippen MR) is 290 cm³/mol. The fourth-order valence-corrected chi connectivity index (χ4v) is 15.4. The van der Waals surface area contributed by atoms with Crippen LogP contribution in [0.3, 0.4) is 0 Å². The number of aryl methyl sites for hydroxylation is 1. The van der Waals surface area contributed by atoms with Gasteiger partial charge in [-0.1, -0.05) is 94.0 Å². The lowest BCUT2D eigenvalue weighted by Gasteiger charge is -2.59. The Balaban J connectivity index is 0.00000803. The van der Waals surface area contributed by atoms with Gasteiger partial charge >= 0.3 is 13.8 Å². The zero-order valence-corrected chi connectivity index (χ0v) is 47.9. The van der Waals surface area contributed by atoms with Crippen molar-refractivity contribution in [1.29, 1.82) is 0 Å². The van der Waals surface area contributed by atoms with Gasteiger partial charge in [0.2, 0.25) is 5.78 Å². The van der Waals surface area contributed by atoms with E-state index in [1.807, 2.05) is 17.0 Å². The number of ketones is 2. The standard InChI is InChI=1S/C60H86N3O13P.ClH/c1-58-26-25-47(64)35-46(58)22-23-48-49-36-54-60(59(49,2)37-50(65)56(48)58,75-57(74-54)43-19-10-7-11-20-43)53(67)41-73-55(68)39-62-28-30-63(3,31-29-62)40-45-34-44(21-24-52(45)76-77(69,70)71)51(66)38-61-27-13-4-5-14-32-72-33-15-12-18-42-16-8-6-9-17-42;/h6,8-9,16-17,21,24-26,34-35,43,48-51,54,56-57,61,65-66H,4-5,7,10-15,18-20,22-23,27-33,36-41H2,1-3H3,(H-,69,70,71);1H/t48?,49?,50-,51?,54+,56?,57+,58-,59-,60+;/m0./s1. The third kappa shape index (κ3) is 13.8. The first-order chi connectivity index (χ1) is 36.9. The highest BCUT2D eigenvalue weighted by Crippen LogP contribution is 2.70. The lowest BCUT2D eigenvalue weighted by molar-refractivity contribution is -0.926. The molecule has 9 rings (SSSR count). The number of carbonyl (C=O) groups excluding carboxylic acids is 3. The highest BCUT2D eigenvalue weighted by atomic mass is 35.5. The first-order valence-corrected chi connectivity index (χ1v) is 30.5. The van der Waals surface area contributed by atoms with Crippen molar-refractivity contribution in [2.45, 2.75) is 153 Å². The largest absolute Gasteiger partial charge is 1.00 e. The van der Waals surface area contributed by atoms with Crippen LogP contribution < -0.4 is 22.2 Å². The number of fused-ring (bicyclic) bond motifs is 7. The number of hydrogen-bond donors (Lipinski definition) is 5. The Bertz CT molecular complexity index is 2480. The second-order valence-electron chi connectivity index (χ2n) is 24.4. The summed E-state index contributed by atoms with van der Waals surface area (Å²) in [5.41, 5.74) is 0.964. The first-order valence-electron chi connectivity index (χ1n) is 29.0. The van der Waals surface area contributed by atoms with Crippen LogP contribution >= 0.6 is 7.82 Å². The molecule has 0 aromatic heterocycles. The highest BCUT2D eigenvalue weighted by Gasteiger charge is 2.76. The monoisotopic (exact) mass is 1120 g/mol. The molecule has 10 atom stereocenters. The van der Waals surface area contributed by atoms with Crippen LogP contribution in [-0.2, 0) is 50.9 Å². The molecule has 0 bridgehead atoms. The summed E-state index contributed by atoms with van der Waals surface area (Å²) in [5, 5.41) is 26.8. The Morgan fingerprint density at radius 2 is 1.69 bits per heavy atom. The molecule has 0 amide bonds. The number of hydrogen-bond acceptors (Lipinski definition) is 13. The number of aliphatic hydroxyl groups excluding tert-OH is 2. The summed E-state index contributed by atoms with van der Waals surface area (Å²) in [6.45, 7) is 8.97. The number of quaternary nitrogens is 1. The van der Waals surface area contributed by atoms with Crippen molar-refractivity contribution in [2.24, 2.45) is 34.5 Å². The molecule has 0 radical (unpaired) electrons. The average Bonchev–Trinajstić information content (AvgIpc) is 4.02. The zero-order valence-electron chi connectivity index (χ0n) is 46.2. The van der Waals surface area contributed by atoms with E-state index < -0.39 is 61.4 Å². The third-order valence-electron chi connectivity index (χ3n) is 19.1.